The summed E-state index contributed by atoms with van der Waals surface area (Å²) < 4.78 is 19.0. The van der Waals surface area contributed by atoms with Crippen molar-refractivity contribution < 1.29 is 14.2 Å². The fourth-order valence-electron chi connectivity index (χ4n) is 3.88. The number of hydrogen-bond acceptors (Lipinski definition) is 5. The first-order valence-corrected chi connectivity index (χ1v) is 9.51. The summed E-state index contributed by atoms with van der Waals surface area (Å²) in [4.78, 5) is 4.48. The van der Waals surface area contributed by atoms with E-state index in [1.54, 1.807) is 20.4 Å². The fourth-order valence-corrected chi connectivity index (χ4v) is 3.88. The van der Waals surface area contributed by atoms with Crippen molar-refractivity contribution in [1.82, 2.24) is 9.38 Å². The molecule has 2 heterocycles. The largest absolute Gasteiger partial charge is 0.495 e. The molecule has 0 radical (unpaired) electrons. The highest BCUT2D eigenvalue weighted by molar-refractivity contribution is 5.71. The Morgan fingerprint density at radius 2 is 1.93 bits per heavy atom. The van der Waals surface area contributed by atoms with Crippen LogP contribution in [0.15, 0.2) is 36.5 Å². The summed E-state index contributed by atoms with van der Waals surface area (Å²) in [6.07, 6.45) is 6.67. The SMILES string of the molecule is COc1cc(-c2cnc3cccc(OC)n23)cc(OCC2CCCC2)c1C#N. The number of nitrogens with zero attached hydrogens (tertiary/aromatic N) is 3. The molecule has 0 atom stereocenters. The van der Waals surface area contributed by atoms with E-state index < -0.39 is 0 Å². The van der Waals surface area contributed by atoms with E-state index in [2.05, 4.69) is 11.1 Å². The van der Waals surface area contributed by atoms with Crippen molar-refractivity contribution in [3.8, 4) is 34.7 Å². The molecule has 0 unspecified atom stereocenters. The Kier molecular flexibility index (Phi) is 5.07. The minimum atomic E-state index is 0.421. The van der Waals surface area contributed by atoms with Crippen molar-refractivity contribution >= 4 is 5.65 Å². The monoisotopic (exact) mass is 377 g/mol. The number of fused-ring (bicyclic) bond motifs is 1. The average Bonchev–Trinajstić information content (AvgIpc) is 3.41. The third-order valence-electron chi connectivity index (χ3n) is 5.35. The molecule has 0 spiro atoms. The highest BCUT2D eigenvalue weighted by Crippen LogP contribution is 2.37. The number of hydrogen-bond donors (Lipinski definition) is 0. The topological polar surface area (TPSA) is 68.8 Å². The van der Waals surface area contributed by atoms with Gasteiger partial charge >= 0.3 is 0 Å². The lowest BCUT2D eigenvalue weighted by atomic mass is 10.1. The lowest BCUT2D eigenvalue weighted by Gasteiger charge is -2.16. The highest BCUT2D eigenvalue weighted by Gasteiger charge is 2.20. The van der Waals surface area contributed by atoms with E-state index in [0.29, 0.717) is 35.5 Å². The van der Waals surface area contributed by atoms with E-state index in [-0.39, 0.29) is 0 Å². The second kappa shape index (κ2) is 7.81. The van der Waals surface area contributed by atoms with Gasteiger partial charge in [-0.3, -0.25) is 4.40 Å². The van der Waals surface area contributed by atoms with Crippen LogP contribution in [-0.2, 0) is 0 Å². The zero-order valence-corrected chi connectivity index (χ0v) is 16.1. The van der Waals surface area contributed by atoms with E-state index >= 15 is 0 Å². The smallest absolute Gasteiger partial charge is 0.199 e. The molecule has 2 aromatic heterocycles. The molecule has 0 saturated heterocycles. The Balaban J connectivity index is 1.79. The average molecular weight is 377 g/mol. The molecule has 4 rings (SSSR count). The first-order chi connectivity index (χ1) is 13.7. The number of aromatic nitrogens is 2. The normalized spacial score (nSPS) is 14.2. The quantitative estimate of drug-likeness (QED) is 0.634. The highest BCUT2D eigenvalue weighted by atomic mass is 16.5. The molecular formula is C22H23N3O3. The van der Waals surface area contributed by atoms with E-state index in [9.17, 15) is 5.26 Å². The summed E-state index contributed by atoms with van der Waals surface area (Å²) in [7, 11) is 3.20. The summed E-state index contributed by atoms with van der Waals surface area (Å²) in [5, 5.41) is 9.65. The van der Waals surface area contributed by atoms with E-state index in [1.165, 1.54) is 25.7 Å². The lowest BCUT2D eigenvalue weighted by Crippen LogP contribution is -2.09. The Morgan fingerprint density at radius 3 is 2.64 bits per heavy atom. The van der Waals surface area contributed by atoms with Crippen molar-refractivity contribution in [3.05, 3.63) is 42.1 Å². The zero-order chi connectivity index (χ0) is 19.5. The van der Waals surface area contributed by atoms with Crippen LogP contribution in [-0.4, -0.2) is 30.2 Å². The van der Waals surface area contributed by atoms with Gasteiger partial charge in [0.05, 0.1) is 32.7 Å². The van der Waals surface area contributed by atoms with Gasteiger partial charge < -0.3 is 14.2 Å². The fraction of sp³-hybridized carbons (Fsp3) is 0.364. The molecule has 1 aliphatic carbocycles. The first kappa shape index (κ1) is 18.2. The Hall–Kier alpha value is -3.20. The van der Waals surface area contributed by atoms with Gasteiger partial charge in [0, 0.05) is 5.56 Å². The first-order valence-electron chi connectivity index (χ1n) is 9.51. The molecular weight excluding hydrogens is 354 g/mol. The molecule has 0 aliphatic heterocycles. The summed E-state index contributed by atoms with van der Waals surface area (Å²) in [5.41, 5.74) is 2.91. The maximum Gasteiger partial charge on any atom is 0.199 e. The maximum atomic E-state index is 9.65. The second-order valence-corrected chi connectivity index (χ2v) is 7.03. The van der Waals surface area contributed by atoms with Gasteiger partial charge in [-0.05, 0) is 43.0 Å². The molecule has 1 saturated carbocycles. The number of ether oxygens (including phenoxy) is 3. The number of pyridine rings is 1. The van der Waals surface area contributed by atoms with Crippen molar-refractivity contribution in [2.45, 2.75) is 25.7 Å². The molecule has 1 aliphatic rings. The lowest BCUT2D eigenvalue weighted by molar-refractivity contribution is 0.250. The zero-order valence-electron chi connectivity index (χ0n) is 16.1. The Bertz CT molecular complexity index is 1030. The summed E-state index contributed by atoms with van der Waals surface area (Å²) in [5.74, 6) is 2.28. The van der Waals surface area contributed by atoms with Crippen LogP contribution in [0.4, 0.5) is 0 Å². The summed E-state index contributed by atoms with van der Waals surface area (Å²) >= 11 is 0. The molecule has 1 fully saturated rings. The number of imidazole rings is 1. The minimum absolute atomic E-state index is 0.421. The van der Waals surface area contributed by atoms with Crippen LogP contribution in [0.25, 0.3) is 16.9 Å². The van der Waals surface area contributed by atoms with Crippen LogP contribution in [0.5, 0.6) is 17.4 Å². The third kappa shape index (κ3) is 3.24. The van der Waals surface area contributed by atoms with Gasteiger partial charge in [0.1, 0.15) is 28.8 Å². The van der Waals surface area contributed by atoms with Crippen LogP contribution < -0.4 is 14.2 Å². The predicted molar refractivity (Wildman–Crippen MR) is 106 cm³/mol. The molecule has 6 nitrogen and oxygen atoms in total. The molecule has 0 bridgehead atoms. The van der Waals surface area contributed by atoms with Crippen LogP contribution in [0.3, 0.4) is 0 Å². The molecule has 6 heteroatoms. The van der Waals surface area contributed by atoms with E-state index in [0.717, 1.165) is 16.9 Å². The van der Waals surface area contributed by atoms with Crippen LogP contribution in [0.1, 0.15) is 31.2 Å². The van der Waals surface area contributed by atoms with Gasteiger partial charge in [-0.1, -0.05) is 18.9 Å². The molecule has 0 N–H and O–H groups in total. The van der Waals surface area contributed by atoms with Gasteiger partial charge in [0.15, 0.2) is 5.88 Å². The molecule has 0 amide bonds. The van der Waals surface area contributed by atoms with Gasteiger partial charge in [0.25, 0.3) is 0 Å². The van der Waals surface area contributed by atoms with Crippen molar-refractivity contribution in [3.63, 3.8) is 0 Å². The molecule has 3 aromatic rings. The number of nitriles is 1. The van der Waals surface area contributed by atoms with Crippen molar-refractivity contribution in [1.29, 1.82) is 5.26 Å². The number of benzene rings is 1. The minimum Gasteiger partial charge on any atom is -0.495 e. The van der Waals surface area contributed by atoms with Gasteiger partial charge in [0.2, 0.25) is 0 Å². The van der Waals surface area contributed by atoms with Crippen molar-refractivity contribution in [2.75, 3.05) is 20.8 Å². The second-order valence-electron chi connectivity index (χ2n) is 7.03. The molecule has 144 valence electrons. The van der Waals surface area contributed by atoms with E-state index in [1.807, 2.05) is 34.7 Å². The Labute approximate surface area is 164 Å². The predicted octanol–water partition coefficient (Wildman–Crippen LogP) is 4.46. The third-order valence-corrected chi connectivity index (χ3v) is 5.35. The maximum absolute atomic E-state index is 9.65. The van der Waals surface area contributed by atoms with Crippen LogP contribution >= 0.6 is 0 Å². The van der Waals surface area contributed by atoms with Crippen LogP contribution in [0.2, 0.25) is 0 Å². The Morgan fingerprint density at radius 1 is 1.14 bits per heavy atom. The standard InChI is InChI=1S/C22H23N3O3/c1-26-19-10-16(18-13-24-21-8-5-9-22(27-2)25(18)21)11-20(17(19)12-23)28-14-15-6-3-4-7-15/h5,8-11,13,15H,3-4,6-7,14H2,1-2H3. The van der Waals surface area contributed by atoms with E-state index in [4.69, 9.17) is 14.2 Å². The van der Waals surface area contributed by atoms with Crippen molar-refractivity contribution in [2.24, 2.45) is 5.92 Å². The summed E-state index contributed by atoms with van der Waals surface area (Å²) in [6.45, 7) is 0.623. The number of methoxy groups -OCH3 is 2. The van der Waals surface area contributed by atoms with Gasteiger partial charge in [-0.2, -0.15) is 5.26 Å². The molecule has 28 heavy (non-hydrogen) atoms. The van der Waals surface area contributed by atoms with Gasteiger partial charge in [-0.25, -0.2) is 4.98 Å². The molecule has 1 aromatic carbocycles. The summed E-state index contributed by atoms with van der Waals surface area (Å²) in [6, 6.07) is 11.7. The van der Waals surface area contributed by atoms with Crippen LogP contribution in [0, 0.1) is 17.2 Å². The van der Waals surface area contributed by atoms with Gasteiger partial charge in [-0.15, -0.1) is 0 Å². The number of rotatable bonds is 6.